The van der Waals surface area contributed by atoms with Gasteiger partial charge in [0, 0.05) is 17.6 Å². The number of fused-ring (bicyclic) bond motifs is 1. The maximum Gasteiger partial charge on any atom is 0.229 e. The molecule has 0 amide bonds. The molecule has 110 valence electrons. The molecule has 1 heterocycles. The van der Waals surface area contributed by atoms with E-state index in [9.17, 15) is 0 Å². The number of aromatic nitrogens is 2. The van der Waals surface area contributed by atoms with Crippen LogP contribution in [-0.4, -0.2) is 22.4 Å². The molecule has 22 heavy (non-hydrogen) atoms. The van der Waals surface area contributed by atoms with E-state index in [1.807, 2.05) is 54.6 Å². The smallest absolute Gasteiger partial charge is 0.229 e. The number of nitrogens with zero attached hydrogens (tertiary/aromatic N) is 3. The number of para-hydroxylation sites is 2. The lowest BCUT2D eigenvalue weighted by Gasteiger charge is -2.24. The van der Waals surface area contributed by atoms with Gasteiger partial charge in [0.15, 0.2) is 0 Å². The molecule has 0 spiro atoms. The minimum atomic E-state index is 0.0538. The summed E-state index contributed by atoms with van der Waals surface area (Å²) in [6, 6.07) is 17.7. The Morgan fingerprint density at radius 1 is 1.09 bits per heavy atom. The van der Waals surface area contributed by atoms with Gasteiger partial charge in [0.1, 0.15) is 5.82 Å². The van der Waals surface area contributed by atoms with E-state index in [1.54, 1.807) is 0 Å². The zero-order chi connectivity index (χ0) is 15.5. The summed E-state index contributed by atoms with van der Waals surface area (Å²) in [5, 5.41) is 16.5. The first-order chi connectivity index (χ1) is 10.8. The first-order valence-corrected chi connectivity index (χ1v) is 7.15. The van der Waals surface area contributed by atoms with Gasteiger partial charge in [-0.3, -0.25) is 15.4 Å². The van der Waals surface area contributed by atoms with Crippen LogP contribution in [0.15, 0.2) is 54.6 Å². The highest BCUT2D eigenvalue weighted by molar-refractivity contribution is 5.94. The van der Waals surface area contributed by atoms with Crippen molar-refractivity contribution in [2.24, 2.45) is 0 Å². The van der Waals surface area contributed by atoms with Gasteiger partial charge < -0.3 is 4.90 Å². The summed E-state index contributed by atoms with van der Waals surface area (Å²) in [6.07, 6.45) is 1.13. The van der Waals surface area contributed by atoms with Gasteiger partial charge in [-0.15, -0.1) is 0 Å². The Bertz CT molecular complexity index is 867. The quantitative estimate of drug-likeness (QED) is 0.573. The standard InChI is InChI=1S/C17H17N5/c1-2-21(13-8-4-3-5-9-13)16-14-10-6-7-11-15(14)22(12-18)17(19)20-16/h3-12,18-19H,2H2,1H3. The second-order valence-electron chi connectivity index (χ2n) is 4.86. The largest absolute Gasteiger partial charge is 0.326 e. The fourth-order valence-electron chi connectivity index (χ4n) is 2.60. The molecule has 0 aliphatic rings. The average Bonchev–Trinajstić information content (AvgIpc) is 2.57. The van der Waals surface area contributed by atoms with Crippen molar-refractivity contribution in [1.29, 1.82) is 10.8 Å². The SMILES string of the molecule is CCN(c1ccccc1)c1nc(=N)n(C=N)c2ccccc12. The third kappa shape index (κ3) is 2.26. The normalized spacial score (nSPS) is 10.6. The molecule has 0 unspecified atom stereocenters. The third-order valence-electron chi connectivity index (χ3n) is 3.61. The molecule has 5 heteroatoms. The minimum absolute atomic E-state index is 0.0538. The molecule has 0 fully saturated rings. The molecule has 5 nitrogen and oxygen atoms in total. The maximum absolute atomic E-state index is 8.10. The summed E-state index contributed by atoms with van der Waals surface area (Å²) in [5.74, 6) is 0.743. The van der Waals surface area contributed by atoms with Crippen LogP contribution in [0, 0.1) is 10.8 Å². The van der Waals surface area contributed by atoms with Crippen molar-refractivity contribution in [2.75, 3.05) is 11.4 Å². The second-order valence-corrected chi connectivity index (χ2v) is 4.86. The molecule has 0 saturated carbocycles. The zero-order valence-corrected chi connectivity index (χ0v) is 12.3. The van der Waals surface area contributed by atoms with Crippen LogP contribution in [0.25, 0.3) is 10.9 Å². The Labute approximate surface area is 128 Å². The molecule has 3 aromatic rings. The molecule has 2 N–H and O–H groups in total. The number of hydrogen-bond donors (Lipinski definition) is 2. The minimum Gasteiger partial charge on any atom is -0.326 e. The van der Waals surface area contributed by atoms with E-state index >= 15 is 0 Å². The summed E-state index contributed by atoms with van der Waals surface area (Å²) < 4.78 is 1.47. The molecule has 2 aromatic carbocycles. The predicted molar refractivity (Wildman–Crippen MR) is 88.9 cm³/mol. The van der Waals surface area contributed by atoms with Gasteiger partial charge in [0.25, 0.3) is 0 Å². The van der Waals surface area contributed by atoms with E-state index in [1.165, 1.54) is 4.57 Å². The van der Waals surface area contributed by atoms with Crippen LogP contribution >= 0.6 is 0 Å². The monoisotopic (exact) mass is 291 g/mol. The number of benzene rings is 2. The van der Waals surface area contributed by atoms with Gasteiger partial charge in [-0.1, -0.05) is 30.3 Å². The van der Waals surface area contributed by atoms with Crippen LogP contribution in [0.3, 0.4) is 0 Å². The van der Waals surface area contributed by atoms with Crippen molar-refractivity contribution in [2.45, 2.75) is 6.92 Å². The molecule has 0 atom stereocenters. The van der Waals surface area contributed by atoms with Gasteiger partial charge in [0.05, 0.1) is 11.9 Å². The van der Waals surface area contributed by atoms with E-state index in [4.69, 9.17) is 10.8 Å². The van der Waals surface area contributed by atoms with Crippen LogP contribution in [-0.2, 0) is 0 Å². The molecule has 0 aliphatic carbocycles. The lowest BCUT2D eigenvalue weighted by atomic mass is 10.2. The van der Waals surface area contributed by atoms with Gasteiger partial charge in [-0.05, 0) is 31.2 Å². The highest BCUT2D eigenvalue weighted by atomic mass is 15.2. The summed E-state index contributed by atoms with van der Waals surface area (Å²) in [6.45, 7) is 2.81. The second kappa shape index (κ2) is 5.81. The summed E-state index contributed by atoms with van der Waals surface area (Å²) in [5.41, 5.74) is 1.90. The lowest BCUT2D eigenvalue weighted by molar-refractivity contribution is 0.896. The maximum atomic E-state index is 8.10. The molecular formula is C17H17N5. The van der Waals surface area contributed by atoms with Crippen LogP contribution < -0.4 is 10.5 Å². The molecule has 0 radical (unpaired) electrons. The molecular weight excluding hydrogens is 274 g/mol. The number of nitrogens with one attached hydrogen (secondary N) is 2. The Balaban J connectivity index is 2.31. The topological polar surface area (TPSA) is 68.8 Å². The summed E-state index contributed by atoms with van der Waals surface area (Å²) in [7, 11) is 0. The van der Waals surface area contributed by atoms with Gasteiger partial charge in [-0.25, -0.2) is 0 Å². The Morgan fingerprint density at radius 3 is 2.45 bits per heavy atom. The first kappa shape index (κ1) is 14.0. The van der Waals surface area contributed by atoms with Crippen molar-refractivity contribution in [1.82, 2.24) is 9.55 Å². The average molecular weight is 291 g/mol. The lowest BCUT2D eigenvalue weighted by Crippen LogP contribution is -2.28. The van der Waals surface area contributed by atoms with Gasteiger partial charge >= 0.3 is 0 Å². The number of anilines is 2. The molecule has 1 aromatic heterocycles. The van der Waals surface area contributed by atoms with Crippen molar-refractivity contribution in [3.05, 3.63) is 60.2 Å². The van der Waals surface area contributed by atoms with Crippen molar-refractivity contribution in [3.8, 4) is 0 Å². The highest BCUT2D eigenvalue weighted by Crippen LogP contribution is 2.28. The molecule has 0 aliphatic heterocycles. The van der Waals surface area contributed by atoms with Crippen molar-refractivity contribution in [3.63, 3.8) is 0 Å². The van der Waals surface area contributed by atoms with Gasteiger partial charge in [-0.2, -0.15) is 4.98 Å². The van der Waals surface area contributed by atoms with Gasteiger partial charge in [0.2, 0.25) is 5.62 Å². The van der Waals surface area contributed by atoms with E-state index in [2.05, 4.69) is 16.8 Å². The third-order valence-corrected chi connectivity index (χ3v) is 3.61. The van der Waals surface area contributed by atoms with Crippen LogP contribution in [0.2, 0.25) is 0 Å². The Morgan fingerprint density at radius 2 is 1.77 bits per heavy atom. The number of rotatable bonds is 4. The first-order valence-electron chi connectivity index (χ1n) is 7.15. The fraction of sp³-hybridized carbons (Fsp3) is 0.118. The van der Waals surface area contributed by atoms with Crippen LogP contribution in [0.5, 0.6) is 0 Å². The van der Waals surface area contributed by atoms with E-state index in [0.717, 1.165) is 35.3 Å². The van der Waals surface area contributed by atoms with Crippen molar-refractivity contribution >= 4 is 28.7 Å². The van der Waals surface area contributed by atoms with Crippen LogP contribution in [0.4, 0.5) is 11.5 Å². The fourth-order valence-corrected chi connectivity index (χ4v) is 2.60. The number of hydrogen-bond acceptors (Lipinski definition) is 4. The van der Waals surface area contributed by atoms with Crippen molar-refractivity contribution < 1.29 is 0 Å². The Kier molecular flexibility index (Phi) is 3.70. The van der Waals surface area contributed by atoms with E-state index in [-0.39, 0.29) is 5.62 Å². The van der Waals surface area contributed by atoms with Crippen LogP contribution in [0.1, 0.15) is 6.92 Å². The van der Waals surface area contributed by atoms with E-state index < -0.39 is 0 Å². The Hall–Kier alpha value is -2.95. The van der Waals surface area contributed by atoms with E-state index in [0.29, 0.717) is 0 Å². The highest BCUT2D eigenvalue weighted by Gasteiger charge is 2.14. The summed E-state index contributed by atoms with van der Waals surface area (Å²) in [4.78, 5) is 6.50. The zero-order valence-electron chi connectivity index (χ0n) is 12.3. The summed E-state index contributed by atoms with van der Waals surface area (Å²) >= 11 is 0. The molecule has 0 saturated heterocycles. The molecule has 3 rings (SSSR count). The predicted octanol–water partition coefficient (Wildman–Crippen LogP) is 3.13. The molecule has 0 bridgehead atoms.